The van der Waals surface area contributed by atoms with E-state index in [1.165, 1.54) is 17.8 Å². The average molecular weight is 442 g/mol. The van der Waals surface area contributed by atoms with Crippen molar-refractivity contribution in [1.82, 2.24) is 15.2 Å². The molecule has 1 aromatic rings. The Morgan fingerprint density at radius 2 is 2.36 bits per heavy atom. The van der Waals surface area contributed by atoms with Gasteiger partial charge >= 0.3 is 5.97 Å². The fraction of sp³-hybridized carbons (Fsp3) is 0.267. The van der Waals surface area contributed by atoms with Gasteiger partial charge in [-0.25, -0.2) is 9.78 Å². The van der Waals surface area contributed by atoms with Crippen LogP contribution in [0.15, 0.2) is 16.9 Å². The van der Waals surface area contributed by atoms with Crippen LogP contribution in [0.4, 0.5) is 5.13 Å². The van der Waals surface area contributed by atoms with Gasteiger partial charge in [0.1, 0.15) is 27.1 Å². The van der Waals surface area contributed by atoms with Gasteiger partial charge in [-0.2, -0.15) is 0 Å². The van der Waals surface area contributed by atoms with Crippen LogP contribution >= 0.6 is 34.7 Å². The molecule has 2 aliphatic rings. The first-order chi connectivity index (χ1) is 13.3. The highest BCUT2D eigenvalue weighted by molar-refractivity contribution is 8.00. The Morgan fingerprint density at radius 1 is 1.61 bits per heavy atom. The monoisotopic (exact) mass is 441 g/mol. The van der Waals surface area contributed by atoms with E-state index < -0.39 is 29.2 Å². The number of carboxylic acids is 1. The highest BCUT2D eigenvalue weighted by Crippen LogP contribution is 2.37. The molecule has 3 heterocycles. The molecular weight excluding hydrogens is 430 g/mol. The number of amides is 2. The maximum absolute atomic E-state index is 12.7. The van der Waals surface area contributed by atoms with Gasteiger partial charge in [0.2, 0.25) is 0 Å². The zero-order chi connectivity index (χ0) is 20.4. The van der Waals surface area contributed by atoms with Gasteiger partial charge in [-0.3, -0.25) is 14.5 Å². The third-order valence-corrected chi connectivity index (χ3v) is 5.96. The number of carbonyl (C=O) groups is 3. The summed E-state index contributed by atoms with van der Waals surface area (Å²) in [5.74, 6) is 0.0433. The Morgan fingerprint density at radius 3 is 2.96 bits per heavy atom. The smallest absolute Gasteiger partial charge is 0.352 e. The third-order valence-electron chi connectivity index (χ3n) is 3.70. The molecule has 0 saturated carbocycles. The predicted octanol–water partition coefficient (Wildman–Crippen LogP) is 0.101. The zero-order valence-corrected chi connectivity index (χ0v) is 16.3. The van der Waals surface area contributed by atoms with E-state index in [0.717, 1.165) is 16.2 Å². The molecule has 1 aromatic heterocycles. The lowest BCUT2D eigenvalue weighted by Gasteiger charge is -2.48. The minimum atomic E-state index is -1.21. The molecule has 4 N–H and O–H groups in total. The van der Waals surface area contributed by atoms with E-state index in [-0.39, 0.29) is 33.2 Å². The minimum absolute atomic E-state index is 0.00950. The number of carboxylic acid groups (broad SMARTS) is 1. The number of fused-ring (bicyclic) bond motifs is 1. The molecule has 28 heavy (non-hydrogen) atoms. The van der Waals surface area contributed by atoms with E-state index in [1.54, 1.807) is 0 Å². The highest BCUT2D eigenvalue weighted by atomic mass is 35.5. The second-order valence-corrected chi connectivity index (χ2v) is 8.15. The molecule has 0 bridgehead atoms. The van der Waals surface area contributed by atoms with Gasteiger partial charge in [0.05, 0.1) is 0 Å². The number of anilines is 1. The summed E-state index contributed by atoms with van der Waals surface area (Å²) in [6.07, 6.45) is 6.54. The summed E-state index contributed by atoms with van der Waals surface area (Å²) in [5, 5.41) is 14.9. The number of hydrogen-bond donors (Lipinski definition) is 3. The normalized spacial score (nSPS) is 21.1. The predicted molar refractivity (Wildman–Crippen MR) is 104 cm³/mol. The molecule has 2 amide bonds. The number of carbonyl (C=O) groups excluding carboxylic acids is 2. The molecule has 1 fully saturated rings. The quantitative estimate of drug-likeness (QED) is 0.185. The molecule has 0 radical (unpaired) electrons. The Balaban J connectivity index is 1.80. The zero-order valence-electron chi connectivity index (χ0n) is 13.9. The van der Waals surface area contributed by atoms with E-state index in [0.29, 0.717) is 5.75 Å². The fourth-order valence-corrected chi connectivity index (χ4v) is 4.66. The first-order valence-corrected chi connectivity index (χ1v) is 9.84. The van der Waals surface area contributed by atoms with Crippen molar-refractivity contribution in [1.29, 1.82) is 0 Å². The summed E-state index contributed by atoms with van der Waals surface area (Å²) >= 11 is 8.30. The summed E-state index contributed by atoms with van der Waals surface area (Å²) in [6.45, 7) is -0.199. The Kier molecular flexibility index (Phi) is 5.78. The van der Waals surface area contributed by atoms with E-state index >= 15 is 0 Å². The first kappa shape index (κ1) is 20.0. The molecule has 2 aliphatic heterocycles. The lowest BCUT2D eigenvalue weighted by atomic mass is 10.0. The molecule has 0 spiro atoms. The number of aromatic nitrogens is 1. The standard InChI is InChI=1S/C15H12ClN5O5S2/c1-2-4-26-20-8(7-10(16)28-15(17)19-7)11(22)18-9-12(23)21-6(14(24)25)3-5-27-13(9)21/h1,3,9,13H,4-5H2,(H2,17,19)(H,18,22)(H,24,25)/b20-8+. The minimum Gasteiger partial charge on any atom is -0.477 e. The second-order valence-electron chi connectivity index (χ2n) is 5.37. The van der Waals surface area contributed by atoms with E-state index in [4.69, 9.17) is 28.6 Å². The van der Waals surface area contributed by atoms with Crippen molar-refractivity contribution in [2.45, 2.75) is 11.4 Å². The number of hydrogen-bond acceptors (Lipinski definition) is 9. The van der Waals surface area contributed by atoms with Crippen LogP contribution in [0.3, 0.4) is 0 Å². The van der Waals surface area contributed by atoms with Gasteiger partial charge in [0.25, 0.3) is 11.8 Å². The van der Waals surface area contributed by atoms with E-state index in [1.807, 2.05) is 0 Å². The van der Waals surface area contributed by atoms with Crippen molar-refractivity contribution < 1.29 is 24.3 Å². The summed E-state index contributed by atoms with van der Waals surface area (Å²) in [7, 11) is 0. The number of β-lactam (4-membered cyclic amide) rings is 1. The number of nitrogens with zero attached hydrogens (tertiary/aromatic N) is 3. The Bertz CT molecular complexity index is 953. The second kappa shape index (κ2) is 8.09. The van der Waals surface area contributed by atoms with Gasteiger partial charge in [0, 0.05) is 5.75 Å². The SMILES string of the molecule is C#CCO/N=C(/C(=O)NC1C(=O)N2C(C(=O)O)=CCSC12)c1nc(N)sc1Cl. The molecule has 3 rings (SSSR count). The lowest BCUT2D eigenvalue weighted by molar-refractivity contribution is -0.150. The molecule has 2 unspecified atom stereocenters. The summed E-state index contributed by atoms with van der Waals surface area (Å²) < 4.78 is 0.111. The van der Waals surface area contributed by atoms with Crippen molar-refractivity contribution in [3.8, 4) is 12.3 Å². The maximum Gasteiger partial charge on any atom is 0.352 e. The number of thiazole rings is 1. The van der Waals surface area contributed by atoms with Crippen molar-refractivity contribution in [3.05, 3.63) is 21.8 Å². The first-order valence-electron chi connectivity index (χ1n) is 7.59. The highest BCUT2D eigenvalue weighted by Gasteiger charge is 2.53. The molecule has 0 aliphatic carbocycles. The molecule has 1 saturated heterocycles. The third kappa shape index (κ3) is 3.64. The van der Waals surface area contributed by atoms with Crippen LogP contribution in [-0.4, -0.2) is 62.3 Å². The van der Waals surface area contributed by atoms with Crippen molar-refractivity contribution >= 4 is 63.3 Å². The van der Waals surface area contributed by atoms with Crippen molar-refractivity contribution in [3.63, 3.8) is 0 Å². The summed E-state index contributed by atoms with van der Waals surface area (Å²) in [6, 6.07) is -0.937. The van der Waals surface area contributed by atoms with Gasteiger partial charge in [0.15, 0.2) is 17.5 Å². The molecule has 146 valence electrons. The van der Waals surface area contributed by atoms with Crippen LogP contribution < -0.4 is 11.1 Å². The van der Waals surface area contributed by atoms with Gasteiger partial charge in [-0.1, -0.05) is 34.0 Å². The van der Waals surface area contributed by atoms with Gasteiger partial charge in [-0.05, 0) is 6.08 Å². The van der Waals surface area contributed by atoms with Crippen LogP contribution in [-0.2, 0) is 19.2 Å². The number of rotatable bonds is 6. The molecule has 13 heteroatoms. The lowest BCUT2D eigenvalue weighted by Crippen LogP contribution is -2.70. The van der Waals surface area contributed by atoms with Crippen molar-refractivity contribution in [2.75, 3.05) is 18.1 Å². The number of thioether (sulfide) groups is 1. The summed E-state index contributed by atoms with van der Waals surface area (Å²) in [5.41, 5.74) is 5.18. The Hall–Kier alpha value is -2.75. The van der Waals surface area contributed by atoms with E-state index in [9.17, 15) is 19.5 Å². The average Bonchev–Trinajstić information content (AvgIpc) is 2.99. The van der Waals surface area contributed by atoms with E-state index in [2.05, 4.69) is 21.4 Å². The van der Waals surface area contributed by atoms with Gasteiger partial charge < -0.3 is 21.0 Å². The van der Waals surface area contributed by atoms with Crippen LogP contribution in [0.5, 0.6) is 0 Å². The number of halogens is 1. The summed E-state index contributed by atoms with van der Waals surface area (Å²) in [4.78, 5) is 46.3. The van der Waals surface area contributed by atoms with Crippen LogP contribution in [0.2, 0.25) is 4.34 Å². The van der Waals surface area contributed by atoms with Gasteiger partial charge in [-0.15, -0.1) is 18.2 Å². The fourth-order valence-electron chi connectivity index (χ4n) is 2.54. The molecule has 10 nitrogen and oxygen atoms in total. The molecular formula is C15H12ClN5O5S2. The number of nitrogens with one attached hydrogen (secondary N) is 1. The number of nitrogens with two attached hydrogens (primary N) is 1. The van der Waals surface area contributed by atoms with Crippen LogP contribution in [0.1, 0.15) is 5.69 Å². The number of terminal acetylenes is 1. The maximum atomic E-state index is 12.7. The number of nitrogen functional groups attached to an aromatic ring is 1. The topological polar surface area (TPSA) is 147 Å². The molecule has 0 aromatic carbocycles. The Labute approximate surface area is 171 Å². The van der Waals surface area contributed by atoms with Crippen LogP contribution in [0.25, 0.3) is 0 Å². The van der Waals surface area contributed by atoms with Crippen molar-refractivity contribution in [2.24, 2.45) is 5.16 Å². The number of oxime groups is 1. The largest absolute Gasteiger partial charge is 0.477 e. The number of aliphatic carboxylic acids is 1. The molecule has 2 atom stereocenters. The van der Waals surface area contributed by atoms with Crippen LogP contribution in [0, 0.1) is 12.3 Å².